The summed E-state index contributed by atoms with van der Waals surface area (Å²) < 4.78 is 11.0. The summed E-state index contributed by atoms with van der Waals surface area (Å²) in [6.45, 7) is 3.91. The largest absolute Gasteiger partial charge is 0.496 e. The molecule has 0 fully saturated rings. The zero-order valence-electron chi connectivity index (χ0n) is 13.7. The minimum atomic E-state index is -0.279. The second kappa shape index (κ2) is 6.57. The van der Waals surface area contributed by atoms with Crippen molar-refractivity contribution in [1.82, 2.24) is 5.32 Å². The van der Waals surface area contributed by atoms with Gasteiger partial charge >= 0.3 is 0 Å². The molecule has 2 aromatic carbocycles. The first-order chi connectivity index (χ1) is 11.5. The van der Waals surface area contributed by atoms with Crippen LogP contribution < -0.4 is 10.1 Å². The Bertz CT molecular complexity index is 901. The van der Waals surface area contributed by atoms with Crippen molar-refractivity contribution in [3.05, 3.63) is 64.4 Å². The molecule has 0 saturated heterocycles. The number of hydrogen-bond acceptors (Lipinski definition) is 3. The molecular formula is C19H18ClNO3. The molecule has 24 heavy (non-hydrogen) atoms. The van der Waals surface area contributed by atoms with Crippen LogP contribution in [0.5, 0.6) is 5.75 Å². The molecule has 0 aliphatic carbocycles. The van der Waals surface area contributed by atoms with Gasteiger partial charge in [-0.1, -0.05) is 29.3 Å². The van der Waals surface area contributed by atoms with Crippen LogP contribution in [0.2, 0.25) is 5.02 Å². The molecule has 0 bridgehead atoms. The number of carbonyl (C=O) groups excluding carboxylic acids is 1. The van der Waals surface area contributed by atoms with Crippen molar-refractivity contribution >= 4 is 28.5 Å². The van der Waals surface area contributed by atoms with Gasteiger partial charge in [0.25, 0.3) is 5.91 Å². The van der Waals surface area contributed by atoms with Crippen LogP contribution in [-0.2, 0) is 0 Å². The normalized spacial score (nSPS) is 12.2. The van der Waals surface area contributed by atoms with E-state index in [0.717, 1.165) is 22.3 Å². The van der Waals surface area contributed by atoms with Crippen LogP contribution >= 0.6 is 11.6 Å². The molecule has 1 amide bonds. The molecular weight excluding hydrogens is 326 g/mol. The van der Waals surface area contributed by atoms with Crippen molar-refractivity contribution in [1.29, 1.82) is 0 Å². The topological polar surface area (TPSA) is 51.5 Å². The van der Waals surface area contributed by atoms with E-state index in [1.54, 1.807) is 31.4 Å². The Hall–Kier alpha value is -2.46. The van der Waals surface area contributed by atoms with E-state index in [0.29, 0.717) is 10.6 Å². The Balaban J connectivity index is 1.84. The molecule has 1 atom stereocenters. The second-order valence-electron chi connectivity index (χ2n) is 5.73. The van der Waals surface area contributed by atoms with Crippen LogP contribution in [0, 0.1) is 6.92 Å². The highest BCUT2D eigenvalue weighted by atomic mass is 35.5. The number of amides is 1. The predicted octanol–water partition coefficient (Wildman–Crippen LogP) is 4.89. The molecule has 1 N–H and O–H groups in total. The Morgan fingerprint density at radius 1 is 1.21 bits per heavy atom. The van der Waals surface area contributed by atoms with Crippen LogP contribution in [0.4, 0.5) is 0 Å². The van der Waals surface area contributed by atoms with Gasteiger partial charge in [0, 0.05) is 16.0 Å². The molecule has 0 radical (unpaired) electrons. The van der Waals surface area contributed by atoms with E-state index in [2.05, 4.69) is 5.32 Å². The van der Waals surface area contributed by atoms with Crippen LogP contribution in [0.3, 0.4) is 0 Å². The molecule has 0 spiro atoms. The first kappa shape index (κ1) is 16.4. The van der Waals surface area contributed by atoms with Crippen LogP contribution in [0.25, 0.3) is 11.0 Å². The number of benzene rings is 2. The van der Waals surface area contributed by atoms with Gasteiger partial charge < -0.3 is 14.5 Å². The average Bonchev–Trinajstić information content (AvgIpc) is 2.98. The summed E-state index contributed by atoms with van der Waals surface area (Å²) in [6, 6.07) is 12.6. The number of halogens is 1. The molecule has 3 rings (SSSR count). The lowest BCUT2D eigenvalue weighted by Crippen LogP contribution is -2.26. The third-order valence-electron chi connectivity index (χ3n) is 3.90. The van der Waals surface area contributed by atoms with Crippen LogP contribution in [-0.4, -0.2) is 13.0 Å². The number of fused-ring (bicyclic) bond motifs is 1. The van der Waals surface area contributed by atoms with Gasteiger partial charge in [0.05, 0.1) is 13.2 Å². The van der Waals surface area contributed by atoms with Crippen LogP contribution in [0.15, 0.2) is 46.9 Å². The van der Waals surface area contributed by atoms with Gasteiger partial charge in [-0.2, -0.15) is 0 Å². The van der Waals surface area contributed by atoms with Crippen LogP contribution in [0.1, 0.15) is 34.6 Å². The zero-order chi connectivity index (χ0) is 17.3. The summed E-state index contributed by atoms with van der Waals surface area (Å²) in [5, 5.41) is 4.35. The van der Waals surface area contributed by atoms with E-state index < -0.39 is 0 Å². The second-order valence-corrected chi connectivity index (χ2v) is 6.17. The summed E-state index contributed by atoms with van der Waals surface area (Å²) in [4.78, 5) is 12.5. The molecule has 0 saturated carbocycles. The van der Waals surface area contributed by atoms with E-state index in [-0.39, 0.29) is 17.7 Å². The monoisotopic (exact) mass is 343 g/mol. The molecule has 0 aliphatic rings. The lowest BCUT2D eigenvalue weighted by Gasteiger charge is -2.17. The first-order valence-electron chi connectivity index (χ1n) is 7.62. The quantitative estimate of drug-likeness (QED) is 0.733. The van der Waals surface area contributed by atoms with Gasteiger partial charge in [0.2, 0.25) is 0 Å². The van der Waals surface area contributed by atoms with E-state index in [1.165, 1.54) is 0 Å². The van der Waals surface area contributed by atoms with E-state index in [9.17, 15) is 4.79 Å². The predicted molar refractivity (Wildman–Crippen MR) is 94.8 cm³/mol. The van der Waals surface area contributed by atoms with Crippen molar-refractivity contribution in [2.24, 2.45) is 0 Å². The lowest BCUT2D eigenvalue weighted by atomic mass is 10.0. The third-order valence-corrected chi connectivity index (χ3v) is 4.14. The number of carbonyl (C=O) groups is 1. The van der Waals surface area contributed by atoms with Gasteiger partial charge in [0.15, 0.2) is 5.76 Å². The fraction of sp³-hybridized carbons (Fsp3) is 0.211. The minimum absolute atomic E-state index is 0.218. The number of furan rings is 1. The van der Waals surface area contributed by atoms with Crippen molar-refractivity contribution in [3.63, 3.8) is 0 Å². The number of ether oxygens (including phenoxy) is 1. The Kier molecular flexibility index (Phi) is 4.49. The highest BCUT2D eigenvalue weighted by Gasteiger charge is 2.18. The van der Waals surface area contributed by atoms with Gasteiger partial charge in [-0.05, 0) is 44.2 Å². The Morgan fingerprint density at radius 3 is 2.75 bits per heavy atom. The fourth-order valence-corrected chi connectivity index (χ4v) is 2.84. The first-order valence-corrected chi connectivity index (χ1v) is 8.00. The van der Waals surface area contributed by atoms with Crippen molar-refractivity contribution in [3.8, 4) is 5.75 Å². The molecule has 1 aromatic heterocycles. The summed E-state index contributed by atoms with van der Waals surface area (Å²) in [5.41, 5.74) is 2.65. The summed E-state index contributed by atoms with van der Waals surface area (Å²) in [5.74, 6) is 0.717. The maximum Gasteiger partial charge on any atom is 0.287 e. The molecule has 0 unspecified atom stereocenters. The lowest BCUT2D eigenvalue weighted by molar-refractivity contribution is 0.0913. The number of rotatable bonds is 4. The number of aryl methyl sites for hydroxylation is 1. The molecule has 124 valence electrons. The molecule has 4 nitrogen and oxygen atoms in total. The summed E-state index contributed by atoms with van der Waals surface area (Å²) in [6.07, 6.45) is 0. The minimum Gasteiger partial charge on any atom is -0.496 e. The van der Waals surface area contributed by atoms with E-state index >= 15 is 0 Å². The van der Waals surface area contributed by atoms with Crippen molar-refractivity contribution < 1.29 is 13.9 Å². The average molecular weight is 344 g/mol. The number of nitrogens with one attached hydrogen (secondary N) is 1. The summed E-state index contributed by atoms with van der Waals surface area (Å²) in [7, 11) is 1.62. The standard InChI is InChI=1S/C19H18ClNO3/c1-11-4-6-17(23-3)15(8-11)12(2)21-19(22)18-10-13-9-14(20)5-7-16(13)24-18/h4-10,12H,1-3H3,(H,21,22)/t12-/m1/s1. The fourth-order valence-electron chi connectivity index (χ4n) is 2.66. The van der Waals surface area contributed by atoms with Gasteiger partial charge in [0.1, 0.15) is 11.3 Å². The Labute approximate surface area is 145 Å². The van der Waals surface area contributed by atoms with E-state index in [4.69, 9.17) is 20.8 Å². The molecule has 0 aliphatic heterocycles. The Morgan fingerprint density at radius 2 is 2.00 bits per heavy atom. The van der Waals surface area contributed by atoms with Crippen molar-refractivity contribution in [2.45, 2.75) is 19.9 Å². The highest BCUT2D eigenvalue weighted by Crippen LogP contribution is 2.27. The van der Waals surface area contributed by atoms with E-state index in [1.807, 2.05) is 32.0 Å². The maximum absolute atomic E-state index is 12.5. The number of hydrogen-bond donors (Lipinski definition) is 1. The molecule has 3 aromatic rings. The smallest absolute Gasteiger partial charge is 0.287 e. The third kappa shape index (κ3) is 3.24. The van der Waals surface area contributed by atoms with Crippen molar-refractivity contribution in [2.75, 3.05) is 7.11 Å². The highest BCUT2D eigenvalue weighted by molar-refractivity contribution is 6.31. The zero-order valence-corrected chi connectivity index (χ0v) is 14.5. The SMILES string of the molecule is COc1ccc(C)cc1[C@@H](C)NC(=O)c1cc2cc(Cl)ccc2o1. The molecule has 1 heterocycles. The molecule has 5 heteroatoms. The maximum atomic E-state index is 12.5. The van der Waals surface area contributed by atoms with Gasteiger partial charge in [-0.15, -0.1) is 0 Å². The van der Waals surface area contributed by atoms with Gasteiger partial charge in [-0.25, -0.2) is 0 Å². The summed E-state index contributed by atoms with van der Waals surface area (Å²) >= 11 is 5.96. The van der Waals surface area contributed by atoms with Gasteiger partial charge in [-0.3, -0.25) is 4.79 Å². The number of methoxy groups -OCH3 is 1.